The zero-order valence-corrected chi connectivity index (χ0v) is 17.4. The van der Waals surface area contributed by atoms with Crippen molar-refractivity contribution in [1.29, 1.82) is 0 Å². The molecule has 0 aliphatic carbocycles. The summed E-state index contributed by atoms with van der Waals surface area (Å²) in [5, 5.41) is 5.44. The van der Waals surface area contributed by atoms with Crippen molar-refractivity contribution in [3.8, 4) is 5.75 Å². The monoisotopic (exact) mass is 416 g/mol. The van der Waals surface area contributed by atoms with Crippen molar-refractivity contribution in [2.75, 3.05) is 24.8 Å². The number of amides is 2. The highest BCUT2D eigenvalue weighted by atomic mass is 32.2. The normalized spacial score (nSPS) is 10.3. The highest BCUT2D eigenvalue weighted by Gasteiger charge is 2.16. The lowest BCUT2D eigenvalue weighted by Crippen LogP contribution is -2.31. The van der Waals surface area contributed by atoms with Crippen LogP contribution in [0.2, 0.25) is 0 Å². The van der Waals surface area contributed by atoms with Crippen LogP contribution in [0, 0.1) is 0 Å². The molecule has 0 aromatic heterocycles. The average molecular weight is 416 g/mol. The Morgan fingerprint density at radius 2 is 1.69 bits per heavy atom. The fourth-order valence-corrected chi connectivity index (χ4v) is 3.20. The van der Waals surface area contributed by atoms with Gasteiger partial charge in [0.15, 0.2) is 6.61 Å². The number of esters is 1. The summed E-state index contributed by atoms with van der Waals surface area (Å²) >= 11 is 1.24. The maximum absolute atomic E-state index is 12.4. The number of methoxy groups -OCH3 is 1. The quantitative estimate of drug-likeness (QED) is 0.482. The first-order valence-electron chi connectivity index (χ1n) is 9.01. The van der Waals surface area contributed by atoms with Crippen molar-refractivity contribution in [3.63, 3.8) is 0 Å². The van der Waals surface area contributed by atoms with Gasteiger partial charge in [-0.25, -0.2) is 4.79 Å². The van der Waals surface area contributed by atoms with E-state index in [1.54, 1.807) is 55.6 Å². The molecule has 0 bridgehead atoms. The van der Waals surface area contributed by atoms with E-state index in [1.807, 2.05) is 13.8 Å². The standard InChI is InChI=1S/C21H24N2O5S/c1-14(2)22-20(25)13-29-18-7-5-4-6-17(18)21(26)28-12-19(24)23-15-8-10-16(27-3)11-9-15/h4-11,14H,12-13H2,1-3H3,(H,22,25)(H,23,24). The van der Waals surface area contributed by atoms with Gasteiger partial charge >= 0.3 is 5.97 Å². The molecular formula is C21H24N2O5S. The highest BCUT2D eigenvalue weighted by molar-refractivity contribution is 8.00. The van der Waals surface area contributed by atoms with Crippen LogP contribution in [0.1, 0.15) is 24.2 Å². The molecule has 2 amide bonds. The van der Waals surface area contributed by atoms with Crippen LogP contribution in [-0.4, -0.2) is 43.3 Å². The Hall–Kier alpha value is -3.00. The summed E-state index contributed by atoms with van der Waals surface area (Å²) in [6, 6.07) is 13.7. The number of hydrogen-bond donors (Lipinski definition) is 2. The maximum Gasteiger partial charge on any atom is 0.339 e. The number of hydrogen-bond acceptors (Lipinski definition) is 6. The lowest BCUT2D eigenvalue weighted by molar-refractivity contribution is -0.119. The number of rotatable bonds is 9. The Kier molecular flexibility index (Phi) is 8.54. The fraction of sp³-hybridized carbons (Fsp3) is 0.286. The predicted octanol–water partition coefficient (Wildman–Crippen LogP) is 3.11. The van der Waals surface area contributed by atoms with Gasteiger partial charge in [-0.15, -0.1) is 11.8 Å². The van der Waals surface area contributed by atoms with E-state index >= 15 is 0 Å². The van der Waals surface area contributed by atoms with Gasteiger partial charge in [0.05, 0.1) is 18.4 Å². The molecule has 0 aliphatic rings. The minimum Gasteiger partial charge on any atom is -0.497 e. The van der Waals surface area contributed by atoms with Crippen molar-refractivity contribution in [2.24, 2.45) is 0 Å². The molecule has 0 heterocycles. The molecule has 0 fully saturated rings. The SMILES string of the molecule is COc1ccc(NC(=O)COC(=O)c2ccccc2SCC(=O)NC(C)C)cc1. The van der Waals surface area contributed by atoms with Crippen LogP contribution in [0.3, 0.4) is 0 Å². The van der Waals surface area contributed by atoms with Gasteiger partial charge in [0, 0.05) is 16.6 Å². The number of nitrogens with one attached hydrogen (secondary N) is 2. The van der Waals surface area contributed by atoms with Gasteiger partial charge in [-0.3, -0.25) is 9.59 Å². The van der Waals surface area contributed by atoms with Gasteiger partial charge in [0.25, 0.3) is 5.91 Å². The molecule has 0 spiro atoms. The first-order chi connectivity index (χ1) is 13.9. The second-order valence-corrected chi connectivity index (χ2v) is 7.38. The average Bonchev–Trinajstić information content (AvgIpc) is 2.71. The van der Waals surface area contributed by atoms with Gasteiger partial charge < -0.3 is 20.1 Å². The molecule has 0 atom stereocenters. The number of ether oxygens (including phenoxy) is 2. The molecule has 0 saturated carbocycles. The maximum atomic E-state index is 12.4. The number of anilines is 1. The molecule has 0 saturated heterocycles. The second-order valence-electron chi connectivity index (χ2n) is 6.36. The van der Waals surface area contributed by atoms with Gasteiger partial charge in [-0.1, -0.05) is 12.1 Å². The summed E-state index contributed by atoms with van der Waals surface area (Å²) in [6.07, 6.45) is 0. The molecule has 2 rings (SSSR count). The third-order valence-electron chi connectivity index (χ3n) is 3.62. The lowest BCUT2D eigenvalue weighted by Gasteiger charge is -2.11. The fourth-order valence-electron chi connectivity index (χ4n) is 2.35. The molecule has 29 heavy (non-hydrogen) atoms. The number of carbonyl (C=O) groups is 3. The van der Waals surface area contributed by atoms with Crippen molar-refractivity contribution >= 4 is 35.2 Å². The van der Waals surface area contributed by atoms with E-state index in [-0.39, 0.29) is 17.7 Å². The number of benzene rings is 2. The van der Waals surface area contributed by atoms with Crippen LogP contribution < -0.4 is 15.4 Å². The summed E-state index contributed by atoms with van der Waals surface area (Å²) in [5.74, 6) is -0.342. The van der Waals surface area contributed by atoms with E-state index in [1.165, 1.54) is 11.8 Å². The smallest absolute Gasteiger partial charge is 0.339 e. The van der Waals surface area contributed by atoms with Crippen molar-refractivity contribution in [2.45, 2.75) is 24.8 Å². The predicted molar refractivity (Wildman–Crippen MR) is 112 cm³/mol. The summed E-state index contributed by atoms with van der Waals surface area (Å²) in [5.41, 5.74) is 0.881. The van der Waals surface area contributed by atoms with Crippen LogP contribution in [0.5, 0.6) is 5.75 Å². The summed E-state index contributed by atoms with van der Waals surface area (Å²) in [6.45, 7) is 3.34. The second kappa shape index (κ2) is 11.1. The van der Waals surface area contributed by atoms with Crippen LogP contribution >= 0.6 is 11.8 Å². The minimum absolute atomic E-state index is 0.0486. The molecular weight excluding hydrogens is 392 g/mol. The molecule has 2 aromatic rings. The van der Waals surface area contributed by atoms with E-state index in [2.05, 4.69) is 10.6 Å². The Morgan fingerprint density at radius 1 is 1.00 bits per heavy atom. The van der Waals surface area contributed by atoms with Crippen LogP contribution in [0.25, 0.3) is 0 Å². The van der Waals surface area contributed by atoms with Crippen LogP contribution in [-0.2, 0) is 14.3 Å². The molecule has 154 valence electrons. The summed E-state index contributed by atoms with van der Waals surface area (Å²) in [7, 11) is 1.56. The molecule has 0 unspecified atom stereocenters. The number of carbonyl (C=O) groups excluding carboxylic acids is 3. The Bertz CT molecular complexity index is 852. The third-order valence-corrected chi connectivity index (χ3v) is 4.70. The first-order valence-corrected chi connectivity index (χ1v) is 10.00. The Morgan fingerprint density at radius 3 is 2.34 bits per heavy atom. The van der Waals surface area contributed by atoms with E-state index in [0.29, 0.717) is 21.9 Å². The molecule has 2 aromatic carbocycles. The van der Waals surface area contributed by atoms with Gasteiger partial charge in [0.2, 0.25) is 5.91 Å². The zero-order chi connectivity index (χ0) is 21.2. The topological polar surface area (TPSA) is 93.7 Å². The van der Waals surface area contributed by atoms with E-state index < -0.39 is 18.5 Å². The summed E-state index contributed by atoms with van der Waals surface area (Å²) in [4.78, 5) is 36.9. The lowest BCUT2D eigenvalue weighted by atomic mass is 10.2. The third kappa shape index (κ3) is 7.50. The molecule has 8 heteroatoms. The molecule has 7 nitrogen and oxygen atoms in total. The minimum atomic E-state index is -0.623. The summed E-state index contributed by atoms with van der Waals surface area (Å²) < 4.78 is 10.2. The first kappa shape index (κ1) is 22.3. The Balaban J connectivity index is 1.89. The van der Waals surface area contributed by atoms with Crippen LogP contribution in [0.15, 0.2) is 53.4 Å². The van der Waals surface area contributed by atoms with Gasteiger partial charge in [-0.05, 0) is 50.2 Å². The number of thioether (sulfide) groups is 1. The van der Waals surface area contributed by atoms with Crippen LogP contribution in [0.4, 0.5) is 5.69 Å². The van der Waals surface area contributed by atoms with E-state index in [0.717, 1.165) is 0 Å². The highest BCUT2D eigenvalue weighted by Crippen LogP contribution is 2.23. The molecule has 2 N–H and O–H groups in total. The van der Waals surface area contributed by atoms with Crippen molar-refractivity contribution in [3.05, 3.63) is 54.1 Å². The Labute approximate surface area is 174 Å². The van der Waals surface area contributed by atoms with Crippen molar-refractivity contribution < 1.29 is 23.9 Å². The van der Waals surface area contributed by atoms with Gasteiger partial charge in [-0.2, -0.15) is 0 Å². The van der Waals surface area contributed by atoms with Gasteiger partial charge in [0.1, 0.15) is 5.75 Å². The molecule has 0 radical (unpaired) electrons. The zero-order valence-electron chi connectivity index (χ0n) is 16.6. The largest absolute Gasteiger partial charge is 0.497 e. The molecule has 0 aliphatic heterocycles. The van der Waals surface area contributed by atoms with Crippen molar-refractivity contribution in [1.82, 2.24) is 5.32 Å². The van der Waals surface area contributed by atoms with E-state index in [9.17, 15) is 14.4 Å². The van der Waals surface area contributed by atoms with E-state index in [4.69, 9.17) is 9.47 Å².